The highest BCUT2D eigenvalue weighted by Crippen LogP contribution is 2.19. The largest absolute Gasteiger partial charge is 0.399 e. The first-order valence-electron chi connectivity index (χ1n) is 7.42. The molecule has 7 heteroatoms. The lowest BCUT2D eigenvalue weighted by Gasteiger charge is -2.09. The van der Waals surface area contributed by atoms with Gasteiger partial charge in [-0.25, -0.2) is 9.38 Å². The highest BCUT2D eigenvalue weighted by molar-refractivity contribution is 6.30. The van der Waals surface area contributed by atoms with Gasteiger partial charge in [-0.05, 0) is 43.2 Å². The molecule has 1 atom stereocenters. The number of nitrogens with one attached hydrogen (secondary N) is 1. The van der Waals surface area contributed by atoms with E-state index >= 15 is 0 Å². The van der Waals surface area contributed by atoms with Crippen molar-refractivity contribution in [3.8, 4) is 0 Å². The van der Waals surface area contributed by atoms with Crippen LogP contribution >= 0.6 is 11.6 Å². The summed E-state index contributed by atoms with van der Waals surface area (Å²) >= 11 is 6.00. The number of rotatable bonds is 3. The summed E-state index contributed by atoms with van der Waals surface area (Å²) in [5.74, 6) is -1.07. The maximum Gasteiger partial charge on any atom is 0.257 e. The molecule has 1 amide bonds. The van der Waals surface area contributed by atoms with E-state index in [4.69, 9.17) is 17.3 Å². The fraction of sp³-hybridized carbons (Fsp3) is 0.235. The number of hydrogen-bond donors (Lipinski definition) is 2. The van der Waals surface area contributed by atoms with Gasteiger partial charge in [0.1, 0.15) is 11.0 Å². The van der Waals surface area contributed by atoms with Crippen LogP contribution in [0.15, 0.2) is 50.6 Å². The van der Waals surface area contributed by atoms with Crippen molar-refractivity contribution in [1.82, 2.24) is 0 Å². The maximum atomic E-state index is 13.8. The van der Waals surface area contributed by atoms with Gasteiger partial charge in [0.05, 0.1) is 17.3 Å². The molecular weight excluding hydrogens is 331 g/mol. The van der Waals surface area contributed by atoms with Crippen LogP contribution < -0.4 is 11.1 Å². The summed E-state index contributed by atoms with van der Waals surface area (Å²) in [6.45, 7) is 3.65. The van der Waals surface area contributed by atoms with Gasteiger partial charge in [0.25, 0.3) is 5.91 Å². The number of benzene rings is 1. The fourth-order valence-electron chi connectivity index (χ4n) is 2.03. The first-order valence-corrected chi connectivity index (χ1v) is 7.80. The fourth-order valence-corrected chi connectivity index (χ4v) is 2.23. The van der Waals surface area contributed by atoms with Crippen molar-refractivity contribution >= 4 is 41.3 Å². The number of carbonyl (C=O) groups is 1. The van der Waals surface area contributed by atoms with Crippen molar-refractivity contribution in [2.45, 2.75) is 26.3 Å². The van der Waals surface area contributed by atoms with E-state index in [0.29, 0.717) is 22.8 Å². The highest BCUT2D eigenvalue weighted by atomic mass is 35.5. The molecule has 1 aliphatic rings. The summed E-state index contributed by atoms with van der Waals surface area (Å²) in [6, 6.07) is 3.79. The average molecular weight is 349 g/mol. The summed E-state index contributed by atoms with van der Waals surface area (Å²) in [7, 11) is 0. The molecule has 1 heterocycles. The van der Waals surface area contributed by atoms with Crippen molar-refractivity contribution in [3.05, 3.63) is 46.4 Å². The number of nitrogen functional groups attached to an aromatic ring is 1. The Kier molecular flexibility index (Phi) is 5.87. The second kappa shape index (κ2) is 7.88. The number of anilines is 2. The Morgan fingerprint density at radius 1 is 1.42 bits per heavy atom. The van der Waals surface area contributed by atoms with Crippen LogP contribution in [-0.4, -0.2) is 24.4 Å². The van der Waals surface area contributed by atoms with Crippen LogP contribution in [0.5, 0.6) is 0 Å². The Hall–Kier alpha value is -2.47. The minimum atomic E-state index is -0.569. The number of nitrogens with zero attached hydrogens (tertiary/aromatic N) is 2. The number of aliphatic imine (C=N–C) groups is 2. The Morgan fingerprint density at radius 2 is 2.17 bits per heavy atom. The molecule has 0 saturated heterocycles. The van der Waals surface area contributed by atoms with Gasteiger partial charge >= 0.3 is 0 Å². The molecule has 3 N–H and O–H groups in total. The van der Waals surface area contributed by atoms with Crippen molar-refractivity contribution in [1.29, 1.82) is 0 Å². The molecule has 1 aliphatic heterocycles. The molecule has 5 nitrogen and oxygen atoms in total. The van der Waals surface area contributed by atoms with E-state index in [0.717, 1.165) is 0 Å². The molecule has 2 rings (SSSR count). The lowest BCUT2D eigenvalue weighted by Crippen LogP contribution is -2.18. The second-order valence-corrected chi connectivity index (χ2v) is 5.68. The molecule has 0 bridgehead atoms. The third-order valence-electron chi connectivity index (χ3n) is 3.43. The molecule has 0 aliphatic carbocycles. The predicted octanol–water partition coefficient (Wildman–Crippen LogP) is 3.68. The molecule has 1 unspecified atom stereocenters. The minimum absolute atomic E-state index is 0.00806. The van der Waals surface area contributed by atoms with Crippen molar-refractivity contribution in [3.63, 3.8) is 0 Å². The quantitative estimate of drug-likeness (QED) is 0.645. The number of carbonyl (C=O) groups excluding carboxylic acids is 1. The summed E-state index contributed by atoms with van der Waals surface area (Å²) < 4.78 is 13.8. The van der Waals surface area contributed by atoms with Crippen molar-refractivity contribution < 1.29 is 9.18 Å². The van der Waals surface area contributed by atoms with Gasteiger partial charge < -0.3 is 11.1 Å². The molecule has 1 aromatic rings. The van der Waals surface area contributed by atoms with Crippen LogP contribution in [0.1, 0.15) is 20.3 Å². The minimum Gasteiger partial charge on any atom is -0.399 e. The van der Waals surface area contributed by atoms with E-state index in [2.05, 4.69) is 15.3 Å². The van der Waals surface area contributed by atoms with Gasteiger partial charge in [0.15, 0.2) is 0 Å². The first kappa shape index (κ1) is 17.9. The first-order chi connectivity index (χ1) is 11.4. The molecule has 0 fully saturated rings. The SMILES string of the molecule is CCC1\C=C(Cl)/N=C\C(C)=C(/C(=O)Nc2cc(N)ccc2F)C=N1. The second-order valence-electron chi connectivity index (χ2n) is 5.29. The predicted molar refractivity (Wildman–Crippen MR) is 97.1 cm³/mol. The highest BCUT2D eigenvalue weighted by Gasteiger charge is 2.15. The van der Waals surface area contributed by atoms with Gasteiger partial charge in [-0.2, -0.15) is 0 Å². The lowest BCUT2D eigenvalue weighted by molar-refractivity contribution is -0.112. The van der Waals surface area contributed by atoms with E-state index in [1.807, 2.05) is 6.92 Å². The van der Waals surface area contributed by atoms with E-state index in [9.17, 15) is 9.18 Å². The van der Waals surface area contributed by atoms with Crippen LogP contribution in [-0.2, 0) is 4.79 Å². The zero-order chi connectivity index (χ0) is 17.7. The molecule has 0 radical (unpaired) electrons. The van der Waals surface area contributed by atoms with Crippen molar-refractivity contribution in [2.75, 3.05) is 11.1 Å². The smallest absolute Gasteiger partial charge is 0.257 e. The van der Waals surface area contributed by atoms with Crippen LogP contribution in [0.2, 0.25) is 0 Å². The number of hydrogen-bond acceptors (Lipinski definition) is 4. The number of halogens is 2. The third-order valence-corrected chi connectivity index (χ3v) is 3.66. The van der Waals surface area contributed by atoms with Crippen LogP contribution in [0.25, 0.3) is 0 Å². The molecule has 1 aromatic carbocycles. The van der Waals surface area contributed by atoms with Crippen molar-refractivity contribution in [2.24, 2.45) is 9.98 Å². The zero-order valence-electron chi connectivity index (χ0n) is 13.4. The van der Waals surface area contributed by atoms with E-state index in [-0.39, 0.29) is 17.3 Å². The van der Waals surface area contributed by atoms with E-state index in [1.54, 1.807) is 13.0 Å². The number of nitrogens with two attached hydrogens (primary N) is 1. The standard InChI is InChI=1S/C17H18ClFN4O/c1-3-12-7-16(18)22-8-10(2)13(9-21-12)17(24)23-15-6-11(20)4-5-14(15)19/h4-9,12H,3,20H2,1-2H3,(H,23,24)/b13-10-,16-7-,21-9?,22-8-. The Bertz CT molecular complexity index is 768. The Labute approximate surface area is 144 Å². The number of allylic oxidation sites excluding steroid dienone is 1. The third kappa shape index (κ3) is 4.52. The summed E-state index contributed by atoms with van der Waals surface area (Å²) in [5.41, 5.74) is 6.82. The van der Waals surface area contributed by atoms with Gasteiger partial charge in [0.2, 0.25) is 0 Å². The summed E-state index contributed by atoms with van der Waals surface area (Å²) in [4.78, 5) is 20.9. The van der Waals surface area contributed by atoms with Gasteiger partial charge in [0, 0.05) is 18.1 Å². The average Bonchev–Trinajstić information content (AvgIpc) is 2.61. The normalized spacial score (nSPS) is 24.3. The Balaban J connectivity index is 2.34. The van der Waals surface area contributed by atoms with Crippen LogP contribution in [0.4, 0.5) is 15.8 Å². The Morgan fingerprint density at radius 3 is 2.88 bits per heavy atom. The summed E-state index contributed by atoms with van der Waals surface area (Å²) in [6.07, 6.45) is 5.36. The van der Waals surface area contributed by atoms with Gasteiger partial charge in [-0.1, -0.05) is 18.5 Å². The topological polar surface area (TPSA) is 79.8 Å². The van der Waals surface area contributed by atoms with Crippen LogP contribution in [0, 0.1) is 5.82 Å². The van der Waals surface area contributed by atoms with E-state index < -0.39 is 11.7 Å². The van der Waals surface area contributed by atoms with Crippen LogP contribution in [0.3, 0.4) is 0 Å². The monoisotopic (exact) mass is 348 g/mol. The molecule has 24 heavy (non-hydrogen) atoms. The lowest BCUT2D eigenvalue weighted by atomic mass is 10.1. The molecule has 0 saturated carbocycles. The molecule has 0 spiro atoms. The zero-order valence-corrected chi connectivity index (χ0v) is 14.1. The molecular formula is C17H18ClFN4O. The number of amides is 1. The molecule has 126 valence electrons. The van der Waals surface area contributed by atoms with Gasteiger partial charge in [-0.15, -0.1) is 0 Å². The van der Waals surface area contributed by atoms with E-state index in [1.165, 1.54) is 30.6 Å². The summed E-state index contributed by atoms with van der Waals surface area (Å²) in [5, 5.41) is 2.82. The molecule has 0 aromatic heterocycles. The maximum absolute atomic E-state index is 13.8. The van der Waals surface area contributed by atoms with Gasteiger partial charge in [-0.3, -0.25) is 9.79 Å².